The summed E-state index contributed by atoms with van der Waals surface area (Å²) in [6, 6.07) is 0. The van der Waals surface area contributed by atoms with Crippen LogP contribution in [0.4, 0.5) is 0 Å². The molecule has 0 aliphatic carbocycles. The van der Waals surface area contributed by atoms with Gasteiger partial charge in [-0.05, 0) is 6.92 Å². The maximum Gasteiger partial charge on any atom is 0.222 e. The Morgan fingerprint density at radius 2 is 2.44 bits per heavy atom. The largest absolute Gasteiger partial charge is 0.472 e. The fraction of sp³-hybridized carbons (Fsp3) is 0.500. The topological polar surface area (TPSA) is 41.8 Å². The standard InChI is InChI=1S/C6H11NO2/c1-4-5(2)9-6(3)7-8/h4-5,8H,1H2,2-3H3. The van der Waals surface area contributed by atoms with Crippen LogP contribution in [0.5, 0.6) is 0 Å². The van der Waals surface area contributed by atoms with E-state index in [1.54, 1.807) is 13.0 Å². The third kappa shape index (κ3) is 3.58. The number of oxime groups is 1. The van der Waals surface area contributed by atoms with Gasteiger partial charge in [-0.25, -0.2) is 0 Å². The van der Waals surface area contributed by atoms with Gasteiger partial charge in [-0.3, -0.25) is 0 Å². The van der Waals surface area contributed by atoms with E-state index < -0.39 is 0 Å². The van der Waals surface area contributed by atoms with Gasteiger partial charge in [-0.2, -0.15) is 0 Å². The van der Waals surface area contributed by atoms with Gasteiger partial charge >= 0.3 is 0 Å². The molecule has 0 aromatic carbocycles. The second-order valence-corrected chi connectivity index (χ2v) is 1.68. The maximum atomic E-state index is 8.11. The van der Waals surface area contributed by atoms with Gasteiger partial charge in [0, 0.05) is 6.92 Å². The molecule has 0 fully saturated rings. The van der Waals surface area contributed by atoms with Crippen LogP contribution in [0.2, 0.25) is 0 Å². The first-order valence-electron chi connectivity index (χ1n) is 2.68. The van der Waals surface area contributed by atoms with Crippen LogP contribution in [0.3, 0.4) is 0 Å². The molecule has 0 saturated carbocycles. The van der Waals surface area contributed by atoms with Crippen molar-refractivity contribution in [1.29, 1.82) is 0 Å². The lowest BCUT2D eigenvalue weighted by atomic mass is 10.4. The Hall–Kier alpha value is -0.990. The second-order valence-electron chi connectivity index (χ2n) is 1.68. The quantitative estimate of drug-likeness (QED) is 0.201. The van der Waals surface area contributed by atoms with Gasteiger partial charge in [0.15, 0.2) is 0 Å². The highest BCUT2D eigenvalue weighted by atomic mass is 16.5. The Kier molecular flexibility index (Phi) is 3.51. The molecular formula is C6H11NO2. The zero-order valence-electron chi connectivity index (χ0n) is 5.66. The number of nitrogens with zero attached hydrogens (tertiary/aromatic N) is 1. The first-order valence-corrected chi connectivity index (χ1v) is 2.68. The Morgan fingerprint density at radius 3 is 2.78 bits per heavy atom. The molecule has 0 bridgehead atoms. The summed E-state index contributed by atoms with van der Waals surface area (Å²) in [7, 11) is 0. The van der Waals surface area contributed by atoms with Crippen molar-refractivity contribution in [2.45, 2.75) is 20.0 Å². The molecule has 0 aromatic heterocycles. The van der Waals surface area contributed by atoms with Crippen molar-refractivity contribution < 1.29 is 9.94 Å². The lowest BCUT2D eigenvalue weighted by Crippen LogP contribution is -2.08. The summed E-state index contributed by atoms with van der Waals surface area (Å²) in [5.74, 6) is 0.252. The van der Waals surface area contributed by atoms with Gasteiger partial charge < -0.3 is 9.94 Å². The molecule has 0 aliphatic rings. The van der Waals surface area contributed by atoms with Crippen LogP contribution in [0.1, 0.15) is 13.8 Å². The SMILES string of the molecule is C=CC(C)OC(C)=NO. The minimum atomic E-state index is -0.0964. The van der Waals surface area contributed by atoms with Crippen molar-refractivity contribution in [3.63, 3.8) is 0 Å². The smallest absolute Gasteiger partial charge is 0.222 e. The van der Waals surface area contributed by atoms with Crippen molar-refractivity contribution in [3.05, 3.63) is 12.7 Å². The number of rotatable bonds is 2. The lowest BCUT2D eigenvalue weighted by molar-refractivity contribution is 0.223. The molecule has 52 valence electrons. The highest BCUT2D eigenvalue weighted by Gasteiger charge is 1.96. The normalized spacial score (nSPS) is 14.7. The average molecular weight is 129 g/mol. The molecule has 0 rings (SSSR count). The monoisotopic (exact) mass is 129 g/mol. The summed E-state index contributed by atoms with van der Waals surface area (Å²) in [5, 5.41) is 10.9. The van der Waals surface area contributed by atoms with E-state index in [1.807, 2.05) is 6.92 Å². The summed E-state index contributed by atoms with van der Waals surface area (Å²) in [6.45, 7) is 6.86. The van der Waals surface area contributed by atoms with E-state index in [2.05, 4.69) is 11.7 Å². The minimum Gasteiger partial charge on any atom is -0.472 e. The Labute approximate surface area is 54.6 Å². The summed E-state index contributed by atoms with van der Waals surface area (Å²) in [6.07, 6.45) is 1.52. The summed E-state index contributed by atoms with van der Waals surface area (Å²) in [4.78, 5) is 0. The molecule has 0 amide bonds. The van der Waals surface area contributed by atoms with Crippen molar-refractivity contribution in [2.75, 3.05) is 0 Å². The maximum absolute atomic E-state index is 8.11. The van der Waals surface area contributed by atoms with Crippen molar-refractivity contribution in [3.8, 4) is 0 Å². The summed E-state index contributed by atoms with van der Waals surface area (Å²) < 4.78 is 4.93. The van der Waals surface area contributed by atoms with Gasteiger partial charge in [-0.15, -0.1) is 0 Å². The Morgan fingerprint density at radius 1 is 1.89 bits per heavy atom. The first-order chi connectivity index (χ1) is 4.20. The first kappa shape index (κ1) is 8.01. The van der Waals surface area contributed by atoms with Crippen LogP contribution in [0.25, 0.3) is 0 Å². The van der Waals surface area contributed by atoms with E-state index in [4.69, 9.17) is 9.94 Å². The van der Waals surface area contributed by atoms with Crippen LogP contribution in [-0.4, -0.2) is 17.2 Å². The van der Waals surface area contributed by atoms with Crippen LogP contribution in [-0.2, 0) is 4.74 Å². The van der Waals surface area contributed by atoms with E-state index in [9.17, 15) is 0 Å². The van der Waals surface area contributed by atoms with E-state index >= 15 is 0 Å². The fourth-order valence-corrected chi connectivity index (χ4v) is 0.341. The van der Waals surface area contributed by atoms with E-state index in [0.717, 1.165) is 0 Å². The highest BCUT2D eigenvalue weighted by Crippen LogP contribution is 1.91. The van der Waals surface area contributed by atoms with Crippen LogP contribution < -0.4 is 0 Å². The molecule has 0 saturated heterocycles. The van der Waals surface area contributed by atoms with Gasteiger partial charge in [0.1, 0.15) is 6.10 Å². The average Bonchev–Trinajstić information content (AvgIpc) is 1.87. The fourth-order valence-electron chi connectivity index (χ4n) is 0.341. The molecule has 0 radical (unpaired) electrons. The van der Waals surface area contributed by atoms with E-state index in [0.29, 0.717) is 0 Å². The number of hydrogen-bond acceptors (Lipinski definition) is 3. The van der Waals surface area contributed by atoms with Gasteiger partial charge in [0.05, 0.1) is 0 Å². The van der Waals surface area contributed by atoms with Gasteiger partial charge in [0.25, 0.3) is 0 Å². The number of hydrogen-bond donors (Lipinski definition) is 1. The van der Waals surface area contributed by atoms with Crippen molar-refractivity contribution >= 4 is 5.90 Å². The summed E-state index contributed by atoms with van der Waals surface area (Å²) >= 11 is 0. The van der Waals surface area contributed by atoms with Crippen LogP contribution in [0.15, 0.2) is 17.8 Å². The van der Waals surface area contributed by atoms with Crippen molar-refractivity contribution in [1.82, 2.24) is 0 Å². The summed E-state index contributed by atoms with van der Waals surface area (Å²) in [5.41, 5.74) is 0. The molecular weight excluding hydrogens is 118 g/mol. The molecule has 0 spiro atoms. The van der Waals surface area contributed by atoms with Crippen molar-refractivity contribution in [2.24, 2.45) is 5.16 Å². The third-order valence-corrected chi connectivity index (χ3v) is 0.829. The van der Waals surface area contributed by atoms with Gasteiger partial charge in [0.2, 0.25) is 5.90 Å². The van der Waals surface area contributed by atoms with Gasteiger partial charge in [-0.1, -0.05) is 17.8 Å². The zero-order valence-corrected chi connectivity index (χ0v) is 5.66. The van der Waals surface area contributed by atoms with E-state index in [-0.39, 0.29) is 12.0 Å². The number of ether oxygens (including phenoxy) is 1. The molecule has 1 atom stereocenters. The molecule has 1 unspecified atom stereocenters. The molecule has 1 N–H and O–H groups in total. The van der Waals surface area contributed by atoms with Crippen LogP contribution >= 0.6 is 0 Å². The molecule has 0 heterocycles. The Bertz CT molecular complexity index is 120. The molecule has 9 heavy (non-hydrogen) atoms. The second kappa shape index (κ2) is 3.95. The predicted octanol–water partition coefficient (Wildman–Crippen LogP) is 1.39. The third-order valence-electron chi connectivity index (χ3n) is 0.829. The van der Waals surface area contributed by atoms with E-state index in [1.165, 1.54) is 0 Å². The molecule has 0 aromatic rings. The lowest BCUT2D eigenvalue weighted by Gasteiger charge is -2.06. The highest BCUT2D eigenvalue weighted by molar-refractivity contribution is 5.72. The predicted molar refractivity (Wildman–Crippen MR) is 35.6 cm³/mol. The molecule has 3 nitrogen and oxygen atoms in total. The molecule has 0 aliphatic heterocycles. The van der Waals surface area contributed by atoms with Crippen LogP contribution in [0, 0.1) is 0 Å². The Balaban J connectivity index is 3.59. The minimum absolute atomic E-state index is 0.0964. The zero-order chi connectivity index (χ0) is 7.28. The molecule has 3 heteroatoms.